The third kappa shape index (κ3) is 4.46. The van der Waals surface area contributed by atoms with Gasteiger partial charge in [0, 0.05) is 33.1 Å². The van der Waals surface area contributed by atoms with E-state index in [1.807, 2.05) is 20.8 Å². The molecule has 0 saturated heterocycles. The van der Waals surface area contributed by atoms with E-state index >= 15 is 0 Å². The van der Waals surface area contributed by atoms with Gasteiger partial charge in [-0.05, 0) is 33.6 Å². The second-order valence-electron chi connectivity index (χ2n) is 5.74. The van der Waals surface area contributed by atoms with E-state index in [1.165, 1.54) is 0 Å². The van der Waals surface area contributed by atoms with E-state index in [0.29, 0.717) is 0 Å². The van der Waals surface area contributed by atoms with Gasteiger partial charge in [-0.25, -0.2) is 4.79 Å². The molecule has 0 aromatic heterocycles. The molecule has 106 valence electrons. The molecule has 0 unspecified atom stereocenters. The second kappa shape index (κ2) is 5.89. The van der Waals surface area contributed by atoms with Crippen LogP contribution >= 0.6 is 0 Å². The number of hydrogen-bond donors (Lipinski definition) is 1. The van der Waals surface area contributed by atoms with Crippen molar-refractivity contribution >= 4 is 6.09 Å². The van der Waals surface area contributed by atoms with Gasteiger partial charge in [-0.15, -0.1) is 0 Å². The molecule has 1 amide bonds. The third-order valence-electron chi connectivity index (χ3n) is 3.21. The standard InChI is InChI=1S/C13H25NO4/c1-12(2,3)18-11(15)14-10-6-8-13(16-4,17-5)9-7-10/h10H,6-9H2,1-5H3,(H,14,15). The number of methoxy groups -OCH3 is 2. The Morgan fingerprint density at radius 1 is 1.17 bits per heavy atom. The minimum absolute atomic E-state index is 0.137. The highest BCUT2D eigenvalue weighted by molar-refractivity contribution is 5.68. The number of carbonyl (C=O) groups excluding carboxylic acids is 1. The normalized spacial score (nSPS) is 20.5. The van der Waals surface area contributed by atoms with Gasteiger partial charge >= 0.3 is 6.09 Å². The van der Waals surface area contributed by atoms with E-state index < -0.39 is 11.4 Å². The van der Waals surface area contributed by atoms with Crippen molar-refractivity contribution in [3.05, 3.63) is 0 Å². The van der Waals surface area contributed by atoms with Gasteiger partial charge in [-0.2, -0.15) is 0 Å². The molecule has 0 heterocycles. The van der Waals surface area contributed by atoms with Gasteiger partial charge in [0.1, 0.15) is 5.60 Å². The molecular weight excluding hydrogens is 234 g/mol. The number of alkyl carbamates (subject to hydrolysis) is 1. The predicted molar refractivity (Wildman–Crippen MR) is 68.4 cm³/mol. The average molecular weight is 259 g/mol. The van der Waals surface area contributed by atoms with Crippen LogP contribution in [0.1, 0.15) is 46.5 Å². The highest BCUT2D eigenvalue weighted by Gasteiger charge is 2.36. The second-order valence-corrected chi connectivity index (χ2v) is 5.74. The van der Waals surface area contributed by atoms with E-state index in [2.05, 4.69) is 5.32 Å². The zero-order valence-corrected chi connectivity index (χ0v) is 12.0. The Kier molecular flexibility index (Phi) is 4.99. The molecule has 0 aliphatic heterocycles. The predicted octanol–water partition coefficient (Wildman–Crippen LogP) is 2.44. The highest BCUT2D eigenvalue weighted by atomic mass is 16.7. The van der Waals surface area contributed by atoms with Crippen molar-refractivity contribution in [1.82, 2.24) is 5.32 Å². The fraction of sp³-hybridized carbons (Fsp3) is 0.923. The molecule has 1 aliphatic carbocycles. The molecule has 1 fully saturated rings. The Labute approximate surface area is 109 Å². The topological polar surface area (TPSA) is 56.8 Å². The van der Waals surface area contributed by atoms with Crippen LogP contribution in [-0.2, 0) is 14.2 Å². The summed E-state index contributed by atoms with van der Waals surface area (Å²) < 4.78 is 16.0. The molecular formula is C13H25NO4. The van der Waals surface area contributed by atoms with Crippen LogP contribution in [0.25, 0.3) is 0 Å². The van der Waals surface area contributed by atoms with Crippen LogP contribution in [0.4, 0.5) is 4.79 Å². The summed E-state index contributed by atoms with van der Waals surface area (Å²) in [7, 11) is 3.32. The van der Waals surface area contributed by atoms with Crippen LogP contribution < -0.4 is 5.32 Å². The lowest BCUT2D eigenvalue weighted by atomic mass is 9.90. The van der Waals surface area contributed by atoms with Gasteiger partial charge in [0.25, 0.3) is 0 Å². The van der Waals surface area contributed by atoms with Gasteiger partial charge in [-0.3, -0.25) is 0 Å². The summed E-state index contributed by atoms with van der Waals surface area (Å²) in [6, 6.07) is 0.137. The molecule has 1 aliphatic rings. The molecule has 0 atom stereocenters. The van der Waals surface area contributed by atoms with Crippen molar-refractivity contribution in [1.29, 1.82) is 0 Å². The molecule has 1 N–H and O–H groups in total. The van der Waals surface area contributed by atoms with Crippen LogP contribution in [0.5, 0.6) is 0 Å². The van der Waals surface area contributed by atoms with Crippen molar-refractivity contribution in [2.75, 3.05) is 14.2 Å². The largest absolute Gasteiger partial charge is 0.444 e. The minimum atomic E-state index is -0.480. The molecule has 0 bridgehead atoms. The van der Waals surface area contributed by atoms with Gasteiger partial charge < -0.3 is 19.5 Å². The Balaban J connectivity index is 2.38. The first-order valence-corrected chi connectivity index (χ1v) is 6.40. The molecule has 18 heavy (non-hydrogen) atoms. The number of carbonyl (C=O) groups is 1. The monoisotopic (exact) mass is 259 g/mol. The van der Waals surface area contributed by atoms with Crippen molar-refractivity contribution in [3.8, 4) is 0 Å². The van der Waals surface area contributed by atoms with E-state index in [4.69, 9.17) is 14.2 Å². The lowest BCUT2D eigenvalue weighted by Crippen LogP contribution is -2.46. The molecule has 0 radical (unpaired) electrons. The first kappa shape index (κ1) is 15.2. The molecule has 0 aromatic rings. The SMILES string of the molecule is COC1(OC)CCC(NC(=O)OC(C)(C)C)CC1. The van der Waals surface area contributed by atoms with Crippen LogP contribution in [0.2, 0.25) is 0 Å². The third-order valence-corrected chi connectivity index (χ3v) is 3.21. The van der Waals surface area contributed by atoms with Crippen molar-refractivity contribution in [3.63, 3.8) is 0 Å². The zero-order valence-electron chi connectivity index (χ0n) is 12.0. The van der Waals surface area contributed by atoms with Gasteiger partial charge in [0.05, 0.1) is 0 Å². The van der Waals surface area contributed by atoms with Crippen molar-refractivity contribution < 1.29 is 19.0 Å². The summed E-state index contributed by atoms with van der Waals surface area (Å²) >= 11 is 0. The maximum absolute atomic E-state index is 11.6. The smallest absolute Gasteiger partial charge is 0.407 e. The number of rotatable bonds is 3. The molecule has 0 spiro atoms. The maximum atomic E-state index is 11.6. The Morgan fingerprint density at radius 3 is 2.06 bits per heavy atom. The van der Waals surface area contributed by atoms with Crippen molar-refractivity contribution in [2.24, 2.45) is 0 Å². The molecule has 1 saturated carbocycles. The maximum Gasteiger partial charge on any atom is 0.407 e. The summed E-state index contributed by atoms with van der Waals surface area (Å²) in [5.41, 5.74) is -0.457. The number of nitrogens with one attached hydrogen (secondary N) is 1. The first-order chi connectivity index (χ1) is 8.30. The molecule has 0 aromatic carbocycles. The summed E-state index contributed by atoms with van der Waals surface area (Å²) in [4.78, 5) is 11.6. The highest BCUT2D eigenvalue weighted by Crippen LogP contribution is 2.31. The Bertz CT molecular complexity index is 271. The first-order valence-electron chi connectivity index (χ1n) is 6.40. The van der Waals surface area contributed by atoms with Gasteiger partial charge in [0.15, 0.2) is 5.79 Å². The lowest BCUT2D eigenvalue weighted by molar-refractivity contribution is -0.225. The van der Waals surface area contributed by atoms with E-state index in [0.717, 1.165) is 25.7 Å². The fourth-order valence-electron chi connectivity index (χ4n) is 2.17. The number of hydrogen-bond acceptors (Lipinski definition) is 4. The number of amides is 1. The van der Waals surface area contributed by atoms with E-state index in [9.17, 15) is 4.79 Å². The summed E-state index contributed by atoms with van der Waals surface area (Å²) in [6.07, 6.45) is 2.87. The van der Waals surface area contributed by atoms with Gasteiger partial charge in [0.2, 0.25) is 0 Å². The van der Waals surface area contributed by atoms with E-state index in [-0.39, 0.29) is 12.1 Å². The lowest BCUT2D eigenvalue weighted by Gasteiger charge is -2.38. The fourth-order valence-corrected chi connectivity index (χ4v) is 2.17. The molecule has 5 heteroatoms. The van der Waals surface area contributed by atoms with Crippen LogP contribution in [0, 0.1) is 0 Å². The minimum Gasteiger partial charge on any atom is -0.444 e. The van der Waals surface area contributed by atoms with Crippen molar-refractivity contribution in [2.45, 2.75) is 63.9 Å². The quantitative estimate of drug-likeness (QED) is 0.791. The molecule has 5 nitrogen and oxygen atoms in total. The summed E-state index contributed by atoms with van der Waals surface area (Å²) in [6.45, 7) is 5.57. The van der Waals surface area contributed by atoms with Crippen LogP contribution in [0.15, 0.2) is 0 Å². The Morgan fingerprint density at radius 2 is 1.67 bits per heavy atom. The number of ether oxygens (including phenoxy) is 3. The van der Waals surface area contributed by atoms with Gasteiger partial charge in [-0.1, -0.05) is 0 Å². The van der Waals surface area contributed by atoms with Crippen LogP contribution in [0.3, 0.4) is 0 Å². The summed E-state index contributed by atoms with van der Waals surface area (Å²) in [5.74, 6) is -0.480. The average Bonchev–Trinajstić information content (AvgIpc) is 2.28. The molecule has 1 rings (SSSR count). The zero-order chi connectivity index (χ0) is 13.8. The summed E-state index contributed by atoms with van der Waals surface area (Å²) in [5, 5.41) is 2.89. The van der Waals surface area contributed by atoms with E-state index in [1.54, 1.807) is 14.2 Å². The Hall–Kier alpha value is -0.810. The van der Waals surface area contributed by atoms with Crippen LogP contribution in [-0.4, -0.2) is 37.7 Å².